The maximum atomic E-state index is 3.76. The third-order valence-electron chi connectivity index (χ3n) is 5.28. The van der Waals surface area contributed by atoms with Gasteiger partial charge in [-0.05, 0) is 37.1 Å². The van der Waals surface area contributed by atoms with Crippen LogP contribution in [-0.4, -0.2) is 13.1 Å². The molecule has 1 rings (SSSR count). The summed E-state index contributed by atoms with van der Waals surface area (Å²) < 4.78 is 0. The van der Waals surface area contributed by atoms with Gasteiger partial charge in [0.2, 0.25) is 0 Å². The maximum absolute atomic E-state index is 3.76. The zero-order chi connectivity index (χ0) is 15.4. The summed E-state index contributed by atoms with van der Waals surface area (Å²) >= 11 is 0. The molecule has 0 spiro atoms. The van der Waals surface area contributed by atoms with Gasteiger partial charge in [0.05, 0.1) is 0 Å². The summed E-state index contributed by atoms with van der Waals surface area (Å²) in [5.74, 6) is 0.782. The maximum Gasteiger partial charge on any atom is 0.000792 e. The topological polar surface area (TPSA) is 12.0 Å². The Labute approximate surface area is 134 Å². The lowest BCUT2D eigenvalue weighted by molar-refractivity contribution is 0.159. The average molecular weight is 296 g/mol. The Kier molecular flexibility index (Phi) is 10.4. The van der Waals surface area contributed by atoms with Crippen molar-refractivity contribution in [3.8, 4) is 0 Å². The molecule has 0 heterocycles. The van der Waals surface area contributed by atoms with E-state index in [1.807, 2.05) is 0 Å². The Bertz CT molecular complexity index is 228. The van der Waals surface area contributed by atoms with Crippen LogP contribution in [0.25, 0.3) is 0 Å². The molecule has 1 aliphatic carbocycles. The summed E-state index contributed by atoms with van der Waals surface area (Å²) in [5.41, 5.74) is 0.649. The molecule has 0 saturated heterocycles. The van der Waals surface area contributed by atoms with Crippen LogP contribution >= 0.6 is 0 Å². The van der Waals surface area contributed by atoms with Crippen LogP contribution < -0.4 is 5.32 Å². The molecular weight excluding hydrogens is 254 g/mol. The minimum atomic E-state index is 0.649. The molecule has 0 amide bonds. The van der Waals surface area contributed by atoms with Crippen molar-refractivity contribution in [2.24, 2.45) is 11.3 Å². The van der Waals surface area contributed by atoms with E-state index in [0.717, 1.165) is 5.92 Å². The monoisotopic (exact) mass is 295 g/mol. The van der Waals surface area contributed by atoms with Gasteiger partial charge in [-0.1, -0.05) is 85.0 Å². The van der Waals surface area contributed by atoms with Crippen LogP contribution in [0.2, 0.25) is 0 Å². The van der Waals surface area contributed by atoms with Crippen molar-refractivity contribution in [2.45, 2.75) is 104 Å². The van der Waals surface area contributed by atoms with Crippen LogP contribution in [0.1, 0.15) is 104 Å². The second-order valence-electron chi connectivity index (χ2n) is 7.96. The molecule has 0 bridgehead atoms. The molecule has 1 fully saturated rings. The first kappa shape index (κ1) is 19.0. The van der Waals surface area contributed by atoms with E-state index < -0.39 is 0 Å². The highest BCUT2D eigenvalue weighted by atomic mass is 14.9. The summed E-state index contributed by atoms with van der Waals surface area (Å²) in [6.45, 7) is 9.41. The van der Waals surface area contributed by atoms with Crippen LogP contribution in [0, 0.1) is 11.3 Å². The minimum Gasteiger partial charge on any atom is -0.316 e. The smallest absolute Gasteiger partial charge is 0.000792 e. The molecule has 1 aliphatic rings. The Morgan fingerprint density at radius 2 is 1.48 bits per heavy atom. The summed E-state index contributed by atoms with van der Waals surface area (Å²) in [6, 6.07) is 0. The molecule has 126 valence electrons. The normalized spacial score (nSPS) is 18.3. The Morgan fingerprint density at radius 1 is 0.857 bits per heavy atom. The third kappa shape index (κ3) is 8.86. The van der Waals surface area contributed by atoms with E-state index in [-0.39, 0.29) is 0 Å². The Morgan fingerprint density at radius 3 is 2.10 bits per heavy atom. The fourth-order valence-corrected chi connectivity index (χ4v) is 3.90. The number of hydrogen-bond donors (Lipinski definition) is 1. The average Bonchev–Trinajstić information content (AvgIpc) is 2.47. The standard InChI is InChI=1S/C20H41N/c1-4-5-6-7-8-9-11-14-20(15-12-10-13-16-20)18-21-17-19(2)3/h19,21H,4-18H2,1-3H3. The van der Waals surface area contributed by atoms with Crippen molar-refractivity contribution >= 4 is 0 Å². The highest BCUT2D eigenvalue weighted by Crippen LogP contribution is 2.40. The van der Waals surface area contributed by atoms with Gasteiger partial charge in [0.1, 0.15) is 0 Å². The van der Waals surface area contributed by atoms with Gasteiger partial charge in [0.25, 0.3) is 0 Å². The van der Waals surface area contributed by atoms with Crippen LogP contribution in [0.4, 0.5) is 0 Å². The number of rotatable bonds is 12. The summed E-state index contributed by atoms with van der Waals surface area (Å²) in [6.07, 6.45) is 19.0. The van der Waals surface area contributed by atoms with Crippen molar-refractivity contribution in [3.63, 3.8) is 0 Å². The second-order valence-corrected chi connectivity index (χ2v) is 7.96. The first-order valence-electron chi connectivity index (χ1n) is 9.89. The summed E-state index contributed by atoms with van der Waals surface area (Å²) in [4.78, 5) is 0. The van der Waals surface area contributed by atoms with Gasteiger partial charge in [-0.2, -0.15) is 0 Å². The molecular formula is C20H41N. The summed E-state index contributed by atoms with van der Waals surface area (Å²) in [7, 11) is 0. The lowest BCUT2D eigenvalue weighted by Crippen LogP contribution is -2.37. The molecule has 0 aromatic carbocycles. The van der Waals surface area contributed by atoms with E-state index >= 15 is 0 Å². The molecule has 0 radical (unpaired) electrons. The third-order valence-corrected chi connectivity index (χ3v) is 5.28. The molecule has 0 aromatic rings. The molecule has 1 saturated carbocycles. The Hall–Kier alpha value is -0.0400. The summed E-state index contributed by atoms with van der Waals surface area (Å²) in [5, 5.41) is 3.76. The highest BCUT2D eigenvalue weighted by Gasteiger charge is 2.30. The number of unbranched alkanes of at least 4 members (excludes halogenated alkanes) is 6. The zero-order valence-electron chi connectivity index (χ0n) is 15.2. The van der Waals surface area contributed by atoms with Crippen molar-refractivity contribution in [2.75, 3.05) is 13.1 Å². The molecule has 1 heteroatoms. The Balaban J connectivity index is 2.19. The van der Waals surface area contributed by atoms with E-state index in [0.29, 0.717) is 5.41 Å². The van der Waals surface area contributed by atoms with Crippen molar-refractivity contribution in [1.29, 1.82) is 0 Å². The SMILES string of the molecule is CCCCCCCCCC1(CNCC(C)C)CCCCC1. The molecule has 0 aromatic heterocycles. The predicted molar refractivity (Wildman–Crippen MR) is 95.8 cm³/mol. The number of nitrogens with one attached hydrogen (secondary N) is 1. The van der Waals surface area contributed by atoms with Gasteiger partial charge in [-0.15, -0.1) is 0 Å². The molecule has 1 N–H and O–H groups in total. The molecule has 21 heavy (non-hydrogen) atoms. The van der Waals surface area contributed by atoms with E-state index in [2.05, 4.69) is 26.1 Å². The van der Waals surface area contributed by atoms with Crippen molar-refractivity contribution < 1.29 is 0 Å². The van der Waals surface area contributed by atoms with Gasteiger partial charge < -0.3 is 5.32 Å². The van der Waals surface area contributed by atoms with E-state index in [1.165, 1.54) is 96.6 Å². The van der Waals surface area contributed by atoms with Crippen LogP contribution in [0.5, 0.6) is 0 Å². The van der Waals surface area contributed by atoms with Crippen LogP contribution in [0.15, 0.2) is 0 Å². The van der Waals surface area contributed by atoms with E-state index in [4.69, 9.17) is 0 Å². The van der Waals surface area contributed by atoms with Crippen LogP contribution in [0.3, 0.4) is 0 Å². The lowest BCUT2D eigenvalue weighted by atomic mass is 9.70. The van der Waals surface area contributed by atoms with Gasteiger partial charge >= 0.3 is 0 Å². The van der Waals surface area contributed by atoms with E-state index in [9.17, 15) is 0 Å². The zero-order valence-corrected chi connectivity index (χ0v) is 15.2. The largest absolute Gasteiger partial charge is 0.316 e. The fraction of sp³-hybridized carbons (Fsp3) is 1.00. The first-order chi connectivity index (χ1) is 10.2. The van der Waals surface area contributed by atoms with Crippen molar-refractivity contribution in [1.82, 2.24) is 5.32 Å². The molecule has 1 nitrogen and oxygen atoms in total. The highest BCUT2D eigenvalue weighted by molar-refractivity contribution is 4.85. The fourth-order valence-electron chi connectivity index (χ4n) is 3.90. The minimum absolute atomic E-state index is 0.649. The second kappa shape index (κ2) is 11.5. The lowest BCUT2D eigenvalue weighted by Gasteiger charge is -2.38. The molecule has 0 atom stereocenters. The van der Waals surface area contributed by atoms with Gasteiger partial charge in [0, 0.05) is 6.54 Å². The predicted octanol–water partition coefficient (Wildman–Crippen LogP) is 6.32. The van der Waals surface area contributed by atoms with Gasteiger partial charge in [-0.25, -0.2) is 0 Å². The van der Waals surface area contributed by atoms with Gasteiger partial charge in [0.15, 0.2) is 0 Å². The molecule has 0 unspecified atom stereocenters. The van der Waals surface area contributed by atoms with Crippen molar-refractivity contribution in [3.05, 3.63) is 0 Å². The molecule has 0 aliphatic heterocycles. The van der Waals surface area contributed by atoms with Crippen LogP contribution in [-0.2, 0) is 0 Å². The quantitative estimate of drug-likeness (QED) is 0.415. The van der Waals surface area contributed by atoms with E-state index in [1.54, 1.807) is 0 Å². The van der Waals surface area contributed by atoms with Gasteiger partial charge in [-0.3, -0.25) is 0 Å². The first-order valence-corrected chi connectivity index (χ1v) is 9.89. The number of hydrogen-bond acceptors (Lipinski definition) is 1.